The highest BCUT2D eigenvalue weighted by Gasteiger charge is 2.22. The molecule has 0 spiro atoms. The lowest BCUT2D eigenvalue weighted by Crippen LogP contribution is -2.30. The Hall–Kier alpha value is -1.50. The molecule has 0 saturated carbocycles. The van der Waals surface area contributed by atoms with Crippen LogP contribution in [-0.2, 0) is 12.8 Å². The Morgan fingerprint density at radius 3 is 2.09 bits per heavy atom. The van der Waals surface area contributed by atoms with Gasteiger partial charge < -0.3 is 19.5 Å². The van der Waals surface area contributed by atoms with Crippen molar-refractivity contribution in [2.75, 3.05) is 13.2 Å². The Balaban J connectivity index is 0.000000133. The second-order valence-corrected chi connectivity index (χ2v) is 5.99. The predicted octanol–water partition coefficient (Wildman–Crippen LogP) is 1.69. The lowest BCUT2D eigenvalue weighted by atomic mass is 9.79. The van der Waals surface area contributed by atoms with Gasteiger partial charge in [-0.2, -0.15) is 0 Å². The Labute approximate surface area is 138 Å². The molecule has 2 aliphatic rings. The molecule has 0 saturated heterocycles. The van der Waals surface area contributed by atoms with Crippen molar-refractivity contribution in [3.63, 3.8) is 0 Å². The Morgan fingerprint density at radius 1 is 0.864 bits per heavy atom. The van der Waals surface area contributed by atoms with Crippen molar-refractivity contribution in [3.05, 3.63) is 52.0 Å². The lowest BCUT2D eigenvalue weighted by Gasteiger charge is -2.05. The first-order valence-corrected chi connectivity index (χ1v) is 7.97. The standard InChI is InChI=1S/C8H9BO3.C8H7BrO/c10-9(11)7-3-1-2-6-4-5-12-8(6)7;9-7-3-1-2-6-4-5-10-8(6)7/h1-3,10-11H,4-5H2;1-3H,4-5H2. The van der Waals surface area contributed by atoms with Crippen LogP contribution in [0.15, 0.2) is 40.9 Å². The van der Waals surface area contributed by atoms with Gasteiger partial charge in [0, 0.05) is 18.3 Å². The van der Waals surface area contributed by atoms with Gasteiger partial charge in [-0.15, -0.1) is 0 Å². The first kappa shape index (κ1) is 15.4. The number of hydrogen-bond acceptors (Lipinski definition) is 4. The highest BCUT2D eigenvalue weighted by molar-refractivity contribution is 9.10. The maximum Gasteiger partial charge on any atom is 0.492 e. The fraction of sp³-hybridized carbons (Fsp3) is 0.250. The van der Waals surface area contributed by atoms with Crippen molar-refractivity contribution in [1.29, 1.82) is 0 Å². The smallest absolute Gasteiger partial charge is 0.492 e. The first-order valence-electron chi connectivity index (χ1n) is 7.17. The van der Waals surface area contributed by atoms with Crippen LogP contribution in [0.1, 0.15) is 11.1 Å². The molecular weight excluding hydrogens is 347 g/mol. The molecule has 0 atom stereocenters. The van der Waals surface area contributed by atoms with Gasteiger partial charge in [0.2, 0.25) is 0 Å². The normalized spacial score (nSPS) is 14.1. The molecule has 6 heteroatoms. The second kappa shape index (κ2) is 6.73. The Bertz CT molecular complexity index is 675. The number of hydrogen-bond donors (Lipinski definition) is 2. The molecule has 4 nitrogen and oxygen atoms in total. The van der Waals surface area contributed by atoms with Crippen LogP contribution in [0.25, 0.3) is 0 Å². The first-order chi connectivity index (χ1) is 10.7. The minimum absolute atomic E-state index is 0.463. The monoisotopic (exact) mass is 362 g/mol. The predicted molar refractivity (Wildman–Crippen MR) is 88.8 cm³/mol. The van der Waals surface area contributed by atoms with E-state index in [0.717, 1.165) is 35.2 Å². The van der Waals surface area contributed by atoms with Crippen LogP contribution in [0.5, 0.6) is 11.5 Å². The molecule has 4 rings (SSSR count). The third-order valence-corrected chi connectivity index (χ3v) is 4.31. The van der Waals surface area contributed by atoms with E-state index in [0.29, 0.717) is 17.8 Å². The lowest BCUT2D eigenvalue weighted by molar-refractivity contribution is 0.355. The van der Waals surface area contributed by atoms with Gasteiger partial charge in [0.1, 0.15) is 11.5 Å². The van der Waals surface area contributed by atoms with Gasteiger partial charge in [0.25, 0.3) is 0 Å². The highest BCUT2D eigenvalue weighted by atomic mass is 79.9. The maximum atomic E-state index is 8.96. The summed E-state index contributed by atoms with van der Waals surface area (Å²) in [6.07, 6.45) is 1.91. The third-order valence-electron chi connectivity index (χ3n) is 3.69. The van der Waals surface area contributed by atoms with Crippen LogP contribution in [0.2, 0.25) is 0 Å². The summed E-state index contributed by atoms with van der Waals surface area (Å²) in [6.45, 7) is 1.47. The van der Waals surface area contributed by atoms with Crippen molar-refractivity contribution in [2.45, 2.75) is 12.8 Å². The van der Waals surface area contributed by atoms with Crippen LogP contribution in [0.3, 0.4) is 0 Å². The fourth-order valence-electron chi connectivity index (χ4n) is 2.62. The summed E-state index contributed by atoms with van der Waals surface area (Å²) >= 11 is 3.42. The summed E-state index contributed by atoms with van der Waals surface area (Å²) in [5, 5.41) is 17.9. The molecule has 2 heterocycles. The Kier molecular flexibility index (Phi) is 4.71. The van der Waals surface area contributed by atoms with Crippen molar-refractivity contribution in [3.8, 4) is 11.5 Å². The minimum Gasteiger partial charge on any atom is -0.493 e. The molecule has 2 aliphatic heterocycles. The van der Waals surface area contributed by atoms with Crippen molar-refractivity contribution < 1.29 is 19.5 Å². The van der Waals surface area contributed by atoms with E-state index in [9.17, 15) is 0 Å². The van der Waals surface area contributed by atoms with E-state index in [1.807, 2.05) is 24.3 Å². The molecular formula is C16H16BBrO4. The minimum atomic E-state index is -1.43. The van der Waals surface area contributed by atoms with E-state index in [-0.39, 0.29) is 0 Å². The zero-order valence-electron chi connectivity index (χ0n) is 12.0. The molecule has 2 aromatic rings. The van der Waals surface area contributed by atoms with E-state index >= 15 is 0 Å². The average Bonchev–Trinajstić information content (AvgIpc) is 3.16. The van der Waals surface area contributed by atoms with Crippen LogP contribution < -0.4 is 14.9 Å². The van der Waals surface area contributed by atoms with Gasteiger partial charge >= 0.3 is 7.12 Å². The van der Waals surface area contributed by atoms with E-state index < -0.39 is 7.12 Å². The summed E-state index contributed by atoms with van der Waals surface area (Å²) in [4.78, 5) is 0. The van der Waals surface area contributed by atoms with Gasteiger partial charge in [-0.3, -0.25) is 0 Å². The molecule has 2 N–H and O–H groups in total. The molecule has 0 aromatic heterocycles. The van der Waals surface area contributed by atoms with Crippen LogP contribution in [0.4, 0.5) is 0 Å². The SMILES string of the molecule is Brc1cccc2c1OCC2.OB(O)c1cccc2c1OCC2. The number of para-hydroxylation sites is 2. The van der Waals surface area contributed by atoms with E-state index in [1.165, 1.54) is 5.56 Å². The average molecular weight is 363 g/mol. The van der Waals surface area contributed by atoms with E-state index in [2.05, 4.69) is 22.0 Å². The zero-order valence-corrected chi connectivity index (χ0v) is 13.5. The van der Waals surface area contributed by atoms with Gasteiger partial charge in [0.05, 0.1) is 17.7 Å². The summed E-state index contributed by atoms with van der Waals surface area (Å²) in [5.41, 5.74) is 2.83. The number of halogens is 1. The molecule has 22 heavy (non-hydrogen) atoms. The molecule has 0 bridgehead atoms. The van der Waals surface area contributed by atoms with Gasteiger partial charge in [-0.05, 0) is 33.1 Å². The maximum absolute atomic E-state index is 8.96. The summed E-state index contributed by atoms with van der Waals surface area (Å²) in [5.74, 6) is 1.68. The summed E-state index contributed by atoms with van der Waals surface area (Å²) in [6, 6.07) is 11.6. The summed E-state index contributed by atoms with van der Waals surface area (Å²) in [7, 11) is -1.43. The van der Waals surface area contributed by atoms with Crippen LogP contribution in [0, 0.1) is 0 Å². The molecule has 0 fully saturated rings. The Morgan fingerprint density at radius 2 is 1.45 bits per heavy atom. The van der Waals surface area contributed by atoms with Gasteiger partial charge in [0.15, 0.2) is 0 Å². The van der Waals surface area contributed by atoms with Crippen LogP contribution in [-0.4, -0.2) is 30.4 Å². The second-order valence-electron chi connectivity index (χ2n) is 5.13. The quantitative estimate of drug-likeness (QED) is 0.758. The van der Waals surface area contributed by atoms with Gasteiger partial charge in [-0.1, -0.05) is 30.3 Å². The zero-order chi connectivity index (χ0) is 15.5. The van der Waals surface area contributed by atoms with Crippen LogP contribution >= 0.6 is 15.9 Å². The summed E-state index contributed by atoms with van der Waals surface area (Å²) < 4.78 is 11.7. The fourth-order valence-corrected chi connectivity index (χ4v) is 3.14. The van der Waals surface area contributed by atoms with Crippen molar-refractivity contribution >= 4 is 28.5 Å². The molecule has 0 radical (unpaired) electrons. The number of benzene rings is 2. The number of ether oxygens (including phenoxy) is 2. The highest BCUT2D eigenvalue weighted by Crippen LogP contribution is 2.32. The molecule has 2 aromatic carbocycles. The molecule has 0 aliphatic carbocycles. The number of rotatable bonds is 1. The van der Waals surface area contributed by atoms with E-state index in [1.54, 1.807) is 6.07 Å². The molecule has 0 unspecified atom stereocenters. The van der Waals surface area contributed by atoms with Crippen molar-refractivity contribution in [2.24, 2.45) is 0 Å². The molecule has 0 amide bonds. The topological polar surface area (TPSA) is 58.9 Å². The largest absolute Gasteiger partial charge is 0.493 e. The number of fused-ring (bicyclic) bond motifs is 2. The molecule has 114 valence electrons. The third kappa shape index (κ3) is 3.14. The van der Waals surface area contributed by atoms with Gasteiger partial charge in [-0.25, -0.2) is 0 Å². The van der Waals surface area contributed by atoms with E-state index in [4.69, 9.17) is 19.5 Å². The van der Waals surface area contributed by atoms with Crippen molar-refractivity contribution in [1.82, 2.24) is 0 Å².